The zero-order valence-electron chi connectivity index (χ0n) is 20.7. The number of para-hydroxylation sites is 1. The first-order chi connectivity index (χ1) is 17.7. The van der Waals surface area contributed by atoms with Gasteiger partial charge in [-0.25, -0.2) is 9.97 Å². The fourth-order valence-electron chi connectivity index (χ4n) is 5.80. The number of aromatic nitrogens is 2. The molecule has 2 aliphatic rings. The molecule has 6 nitrogen and oxygen atoms in total. The number of nitrogen functional groups attached to an aromatic ring is 1. The van der Waals surface area contributed by atoms with Crippen LogP contribution in [-0.2, 0) is 0 Å². The van der Waals surface area contributed by atoms with Crippen molar-refractivity contribution in [3.05, 3.63) is 65.8 Å². The van der Waals surface area contributed by atoms with Crippen LogP contribution in [0.3, 0.4) is 0 Å². The minimum absolute atomic E-state index is 0.526. The van der Waals surface area contributed by atoms with Gasteiger partial charge in [-0.1, -0.05) is 18.2 Å². The summed E-state index contributed by atoms with van der Waals surface area (Å²) in [6, 6.07) is 19.4. The molecule has 186 valence electrons. The lowest BCUT2D eigenvalue weighted by molar-refractivity contribution is 0.115. The average molecular weight is 500 g/mol. The van der Waals surface area contributed by atoms with Crippen LogP contribution in [0.4, 0.5) is 5.82 Å². The Morgan fingerprint density at radius 3 is 2.47 bits per heavy atom. The highest BCUT2D eigenvalue weighted by atomic mass is 32.1. The fraction of sp³-hybridized carbons (Fsp3) is 0.379. The number of thiophene rings is 1. The Hall–Kier alpha value is -3.00. The number of hydrogen-bond donors (Lipinski definition) is 2. The lowest BCUT2D eigenvalue weighted by atomic mass is 9.83. The lowest BCUT2D eigenvalue weighted by Gasteiger charge is -2.41. The van der Waals surface area contributed by atoms with Crippen molar-refractivity contribution < 1.29 is 4.74 Å². The van der Waals surface area contributed by atoms with Crippen molar-refractivity contribution in [1.29, 1.82) is 0 Å². The minimum atomic E-state index is 0.526. The van der Waals surface area contributed by atoms with Crippen molar-refractivity contribution in [1.82, 2.24) is 20.2 Å². The largest absolute Gasteiger partial charge is 0.457 e. The Morgan fingerprint density at radius 1 is 0.972 bits per heavy atom. The van der Waals surface area contributed by atoms with Gasteiger partial charge >= 0.3 is 0 Å². The smallest absolute Gasteiger partial charge is 0.136 e. The van der Waals surface area contributed by atoms with E-state index in [1.807, 2.05) is 53.8 Å². The molecule has 2 aromatic carbocycles. The summed E-state index contributed by atoms with van der Waals surface area (Å²) in [7, 11) is 0. The van der Waals surface area contributed by atoms with Gasteiger partial charge in [-0.3, -0.25) is 4.90 Å². The SMILES string of the molecule is C[C@H]1CN(C2CCC(c3sc(-c4ccc(Oc5ccccc5)cc4)c4c(N)ncnc34)CC2)CCN1. The summed E-state index contributed by atoms with van der Waals surface area (Å²) in [5, 5.41) is 4.56. The van der Waals surface area contributed by atoms with Crippen molar-refractivity contribution in [3.63, 3.8) is 0 Å². The van der Waals surface area contributed by atoms with Crippen molar-refractivity contribution in [2.45, 2.75) is 50.6 Å². The second-order valence-corrected chi connectivity index (χ2v) is 11.1. The summed E-state index contributed by atoms with van der Waals surface area (Å²) in [5.74, 6) is 2.73. The van der Waals surface area contributed by atoms with Gasteiger partial charge in [0.25, 0.3) is 0 Å². The molecule has 36 heavy (non-hydrogen) atoms. The van der Waals surface area contributed by atoms with Crippen LogP contribution in [0, 0.1) is 0 Å². The monoisotopic (exact) mass is 499 g/mol. The molecule has 0 amide bonds. The highest BCUT2D eigenvalue weighted by Crippen LogP contribution is 2.47. The second kappa shape index (κ2) is 10.2. The van der Waals surface area contributed by atoms with Crippen LogP contribution in [0.15, 0.2) is 60.9 Å². The van der Waals surface area contributed by atoms with Crippen LogP contribution in [0.2, 0.25) is 0 Å². The number of fused-ring (bicyclic) bond motifs is 1. The van der Waals surface area contributed by atoms with Gasteiger partial charge in [0.05, 0.1) is 10.9 Å². The summed E-state index contributed by atoms with van der Waals surface area (Å²) in [5.41, 5.74) is 8.58. The molecule has 1 saturated carbocycles. The van der Waals surface area contributed by atoms with E-state index in [4.69, 9.17) is 15.5 Å². The number of ether oxygens (including phenoxy) is 1. The highest BCUT2D eigenvalue weighted by molar-refractivity contribution is 7.17. The van der Waals surface area contributed by atoms with Gasteiger partial charge in [0.1, 0.15) is 23.6 Å². The van der Waals surface area contributed by atoms with E-state index >= 15 is 0 Å². The summed E-state index contributed by atoms with van der Waals surface area (Å²) < 4.78 is 5.99. The van der Waals surface area contributed by atoms with Crippen LogP contribution in [-0.4, -0.2) is 46.6 Å². The Labute approximate surface area is 216 Å². The molecule has 0 radical (unpaired) electrons. The summed E-state index contributed by atoms with van der Waals surface area (Å²) in [6.45, 7) is 5.72. The molecule has 7 heteroatoms. The van der Waals surface area contributed by atoms with Gasteiger partial charge < -0.3 is 15.8 Å². The zero-order chi connectivity index (χ0) is 24.5. The highest BCUT2D eigenvalue weighted by Gasteiger charge is 2.31. The first-order valence-electron chi connectivity index (χ1n) is 13.0. The molecule has 0 bridgehead atoms. The molecule has 1 atom stereocenters. The topological polar surface area (TPSA) is 76.3 Å². The molecule has 1 aliphatic heterocycles. The van der Waals surface area contributed by atoms with Gasteiger partial charge in [0.2, 0.25) is 0 Å². The second-order valence-electron chi connectivity index (χ2n) is 10.1. The molecule has 3 N–H and O–H groups in total. The van der Waals surface area contributed by atoms with Gasteiger partial charge in [0, 0.05) is 41.5 Å². The molecule has 1 aliphatic carbocycles. The quantitative estimate of drug-likeness (QED) is 0.348. The van der Waals surface area contributed by atoms with E-state index in [1.165, 1.54) is 37.1 Å². The molecule has 2 fully saturated rings. The number of rotatable bonds is 5. The number of nitrogens with zero attached hydrogens (tertiary/aromatic N) is 3. The summed E-state index contributed by atoms with van der Waals surface area (Å²) in [6.07, 6.45) is 6.51. The predicted octanol–water partition coefficient (Wildman–Crippen LogP) is 6.05. The lowest BCUT2D eigenvalue weighted by Crippen LogP contribution is -2.53. The Balaban J connectivity index is 1.25. The predicted molar refractivity (Wildman–Crippen MR) is 148 cm³/mol. The van der Waals surface area contributed by atoms with Crippen molar-refractivity contribution in [2.24, 2.45) is 0 Å². The van der Waals surface area contributed by atoms with E-state index in [0.717, 1.165) is 45.9 Å². The molecular weight excluding hydrogens is 466 g/mol. The minimum Gasteiger partial charge on any atom is -0.457 e. The van der Waals surface area contributed by atoms with Crippen molar-refractivity contribution >= 4 is 28.1 Å². The van der Waals surface area contributed by atoms with Crippen molar-refractivity contribution in [2.75, 3.05) is 25.4 Å². The average Bonchev–Trinajstić information content (AvgIpc) is 3.31. The normalized spacial score (nSPS) is 23.1. The standard InChI is InChI=1S/C29H33N5OS/c1-19-17-34(16-15-31-19)22-11-7-21(8-12-22)28-26-25(29(30)33-18-32-26)27(36-28)20-9-13-24(14-10-20)35-23-5-3-2-4-6-23/h2-6,9-10,13-14,18-19,21-22,31H,7-8,11-12,15-17H2,1H3,(H2,30,32,33)/t19-,21?,22?/m0/s1. The zero-order valence-corrected chi connectivity index (χ0v) is 21.5. The van der Waals surface area contributed by atoms with Crippen molar-refractivity contribution in [3.8, 4) is 21.9 Å². The third-order valence-corrected chi connectivity index (χ3v) is 9.02. The summed E-state index contributed by atoms with van der Waals surface area (Å²) >= 11 is 1.85. The number of anilines is 1. The number of hydrogen-bond acceptors (Lipinski definition) is 7. The van der Waals surface area contributed by atoms with Gasteiger partial charge in [-0.2, -0.15) is 0 Å². The Kier molecular flexibility index (Phi) is 6.61. The van der Waals surface area contributed by atoms with Gasteiger partial charge in [-0.05, 0) is 80.5 Å². The maximum Gasteiger partial charge on any atom is 0.136 e. The van der Waals surface area contributed by atoms with E-state index in [9.17, 15) is 0 Å². The molecule has 6 rings (SSSR count). The van der Waals surface area contributed by atoms with E-state index in [2.05, 4.69) is 34.3 Å². The maximum atomic E-state index is 6.42. The van der Waals surface area contributed by atoms with Gasteiger partial charge in [0.15, 0.2) is 0 Å². The van der Waals surface area contributed by atoms with E-state index in [0.29, 0.717) is 23.8 Å². The molecule has 3 heterocycles. The fourth-order valence-corrected chi connectivity index (χ4v) is 7.23. The first kappa shape index (κ1) is 23.4. The Bertz CT molecular complexity index is 1320. The van der Waals surface area contributed by atoms with E-state index in [-0.39, 0.29) is 0 Å². The molecule has 2 aromatic heterocycles. The number of nitrogens with two attached hydrogens (primary N) is 1. The van der Waals surface area contributed by atoms with Crippen LogP contribution in [0.25, 0.3) is 21.3 Å². The maximum absolute atomic E-state index is 6.42. The van der Waals surface area contributed by atoms with E-state index < -0.39 is 0 Å². The Morgan fingerprint density at radius 2 is 1.72 bits per heavy atom. The first-order valence-corrected chi connectivity index (χ1v) is 13.8. The molecule has 4 aromatic rings. The third kappa shape index (κ3) is 4.71. The van der Waals surface area contributed by atoms with Gasteiger partial charge in [-0.15, -0.1) is 11.3 Å². The number of benzene rings is 2. The molecule has 0 unspecified atom stereocenters. The van der Waals surface area contributed by atoms with Crippen LogP contribution >= 0.6 is 11.3 Å². The summed E-state index contributed by atoms with van der Waals surface area (Å²) in [4.78, 5) is 14.3. The van der Waals surface area contributed by atoms with Crippen LogP contribution in [0.1, 0.15) is 43.4 Å². The third-order valence-electron chi connectivity index (χ3n) is 7.63. The van der Waals surface area contributed by atoms with Crippen LogP contribution < -0.4 is 15.8 Å². The number of piperazine rings is 1. The van der Waals surface area contributed by atoms with Crippen LogP contribution in [0.5, 0.6) is 11.5 Å². The molecular formula is C29H33N5OS. The molecule has 0 spiro atoms. The van der Waals surface area contributed by atoms with E-state index in [1.54, 1.807) is 6.33 Å². The molecule has 1 saturated heterocycles. The number of nitrogens with one attached hydrogen (secondary N) is 1.